The number of amides is 1. The van der Waals surface area contributed by atoms with Crippen molar-refractivity contribution in [1.82, 2.24) is 10.3 Å². The molecule has 0 saturated heterocycles. The Balaban J connectivity index is 1.44. The summed E-state index contributed by atoms with van der Waals surface area (Å²) >= 11 is 5.31. The molecule has 0 fully saturated rings. The Morgan fingerprint density at radius 2 is 1.71 bits per heavy atom. The molecule has 0 aliphatic carbocycles. The second-order valence-electron chi connectivity index (χ2n) is 7.87. The summed E-state index contributed by atoms with van der Waals surface area (Å²) in [4.78, 5) is 17.1. The molecule has 1 aromatic heterocycles. The van der Waals surface area contributed by atoms with Crippen molar-refractivity contribution in [2.75, 3.05) is 19.5 Å². The standard InChI is InChI=1S/C26H25N3O5S/c1-15(2)33-19-9-5-16(6-10-19)24(30)29-26(35)27-18-8-12-21-20(14-18)28-25(34-21)17-7-11-22(31-3)23(13-17)32-4/h5-15H,1-4H3,(H2,27,29,30,35). The van der Waals surface area contributed by atoms with E-state index in [-0.39, 0.29) is 17.1 Å². The predicted molar refractivity (Wildman–Crippen MR) is 138 cm³/mol. The first-order valence-corrected chi connectivity index (χ1v) is 11.3. The minimum Gasteiger partial charge on any atom is -0.493 e. The van der Waals surface area contributed by atoms with Crippen LogP contribution in [0.3, 0.4) is 0 Å². The highest BCUT2D eigenvalue weighted by Crippen LogP contribution is 2.33. The summed E-state index contributed by atoms with van der Waals surface area (Å²) in [5.41, 5.74) is 3.13. The van der Waals surface area contributed by atoms with Crippen LogP contribution >= 0.6 is 12.2 Å². The highest BCUT2D eigenvalue weighted by molar-refractivity contribution is 7.80. The smallest absolute Gasteiger partial charge is 0.257 e. The van der Waals surface area contributed by atoms with Crippen molar-refractivity contribution in [1.29, 1.82) is 0 Å². The number of rotatable bonds is 7. The van der Waals surface area contributed by atoms with E-state index in [0.717, 1.165) is 5.56 Å². The summed E-state index contributed by atoms with van der Waals surface area (Å²) in [6, 6.07) is 17.7. The molecule has 8 nitrogen and oxygen atoms in total. The number of carbonyl (C=O) groups excluding carboxylic acids is 1. The van der Waals surface area contributed by atoms with Gasteiger partial charge in [-0.3, -0.25) is 10.1 Å². The van der Waals surface area contributed by atoms with Gasteiger partial charge in [-0.05, 0) is 86.7 Å². The molecule has 0 aliphatic heterocycles. The van der Waals surface area contributed by atoms with Gasteiger partial charge >= 0.3 is 0 Å². The number of hydrogen-bond donors (Lipinski definition) is 2. The number of nitrogens with one attached hydrogen (secondary N) is 2. The van der Waals surface area contributed by atoms with Crippen LogP contribution in [0.4, 0.5) is 5.69 Å². The number of ether oxygens (including phenoxy) is 3. The van der Waals surface area contributed by atoms with Crippen LogP contribution in [0.15, 0.2) is 65.1 Å². The lowest BCUT2D eigenvalue weighted by molar-refractivity contribution is 0.0977. The molecule has 0 spiro atoms. The van der Waals surface area contributed by atoms with Crippen LogP contribution in [0.1, 0.15) is 24.2 Å². The maximum absolute atomic E-state index is 12.5. The van der Waals surface area contributed by atoms with Gasteiger partial charge in [0.15, 0.2) is 22.2 Å². The zero-order chi connectivity index (χ0) is 24.9. The Kier molecular flexibility index (Phi) is 7.17. The number of fused-ring (bicyclic) bond motifs is 1. The first-order chi connectivity index (χ1) is 16.9. The lowest BCUT2D eigenvalue weighted by Gasteiger charge is -2.11. The minimum atomic E-state index is -0.322. The highest BCUT2D eigenvalue weighted by Gasteiger charge is 2.13. The molecule has 0 atom stereocenters. The summed E-state index contributed by atoms with van der Waals surface area (Å²) < 4.78 is 22.1. The molecule has 1 amide bonds. The number of hydrogen-bond acceptors (Lipinski definition) is 7. The van der Waals surface area contributed by atoms with Gasteiger partial charge in [-0.1, -0.05) is 0 Å². The average molecular weight is 492 g/mol. The van der Waals surface area contributed by atoms with E-state index in [9.17, 15) is 4.79 Å². The first-order valence-electron chi connectivity index (χ1n) is 10.9. The second kappa shape index (κ2) is 10.4. The van der Waals surface area contributed by atoms with E-state index in [1.54, 1.807) is 68.8 Å². The average Bonchev–Trinajstić information content (AvgIpc) is 3.27. The normalized spacial score (nSPS) is 10.8. The number of benzene rings is 3. The monoisotopic (exact) mass is 491 g/mol. The summed E-state index contributed by atoms with van der Waals surface area (Å²) in [5.74, 6) is 2.02. The van der Waals surface area contributed by atoms with Gasteiger partial charge in [0.2, 0.25) is 5.89 Å². The van der Waals surface area contributed by atoms with Crippen LogP contribution < -0.4 is 24.8 Å². The summed E-state index contributed by atoms with van der Waals surface area (Å²) in [7, 11) is 3.15. The Hall–Kier alpha value is -4.11. The Labute approximate surface area is 208 Å². The fraction of sp³-hybridized carbons (Fsp3) is 0.192. The molecule has 0 aliphatic rings. The molecule has 0 saturated carbocycles. The van der Waals surface area contributed by atoms with E-state index in [2.05, 4.69) is 15.6 Å². The third-order valence-electron chi connectivity index (χ3n) is 4.99. The lowest BCUT2D eigenvalue weighted by Crippen LogP contribution is -2.34. The minimum absolute atomic E-state index is 0.0589. The molecule has 0 unspecified atom stereocenters. The van der Waals surface area contributed by atoms with Crippen LogP contribution in [0, 0.1) is 0 Å². The molecule has 35 heavy (non-hydrogen) atoms. The molecule has 0 radical (unpaired) electrons. The second-order valence-corrected chi connectivity index (χ2v) is 8.28. The molecule has 2 N–H and O–H groups in total. The third kappa shape index (κ3) is 5.70. The molecule has 1 heterocycles. The number of anilines is 1. The van der Waals surface area contributed by atoms with Crippen LogP contribution in [0.2, 0.25) is 0 Å². The van der Waals surface area contributed by atoms with Crippen molar-refractivity contribution >= 4 is 40.0 Å². The van der Waals surface area contributed by atoms with Crippen molar-refractivity contribution in [2.24, 2.45) is 0 Å². The number of thiocarbonyl (C=S) groups is 1. The molecule has 4 rings (SSSR count). The SMILES string of the molecule is COc1ccc(-c2nc3cc(NC(=S)NC(=O)c4ccc(OC(C)C)cc4)ccc3o2)cc1OC. The van der Waals surface area contributed by atoms with Crippen LogP contribution in [-0.2, 0) is 0 Å². The van der Waals surface area contributed by atoms with Crippen molar-refractivity contribution < 1.29 is 23.4 Å². The van der Waals surface area contributed by atoms with Gasteiger partial charge in [0.25, 0.3) is 5.91 Å². The largest absolute Gasteiger partial charge is 0.493 e. The van der Waals surface area contributed by atoms with Gasteiger partial charge in [0.1, 0.15) is 11.3 Å². The van der Waals surface area contributed by atoms with Crippen LogP contribution in [0.25, 0.3) is 22.6 Å². The molecular weight excluding hydrogens is 466 g/mol. The predicted octanol–water partition coefficient (Wildman–Crippen LogP) is 5.43. The summed E-state index contributed by atoms with van der Waals surface area (Å²) in [5, 5.41) is 5.86. The number of methoxy groups -OCH3 is 2. The highest BCUT2D eigenvalue weighted by atomic mass is 32.1. The molecule has 4 aromatic rings. The zero-order valence-corrected chi connectivity index (χ0v) is 20.6. The van der Waals surface area contributed by atoms with E-state index < -0.39 is 0 Å². The molecule has 3 aromatic carbocycles. The maximum atomic E-state index is 12.5. The number of carbonyl (C=O) groups is 1. The lowest BCUT2D eigenvalue weighted by atomic mass is 10.2. The summed E-state index contributed by atoms with van der Waals surface area (Å²) in [6.07, 6.45) is 0.0589. The van der Waals surface area contributed by atoms with E-state index >= 15 is 0 Å². The zero-order valence-electron chi connectivity index (χ0n) is 19.7. The van der Waals surface area contributed by atoms with E-state index in [0.29, 0.717) is 45.5 Å². The van der Waals surface area contributed by atoms with Gasteiger partial charge in [-0.25, -0.2) is 4.98 Å². The Bertz CT molecular complexity index is 1370. The van der Waals surface area contributed by atoms with Crippen LogP contribution in [0.5, 0.6) is 17.2 Å². The topological polar surface area (TPSA) is 94.9 Å². The fourth-order valence-corrected chi connectivity index (χ4v) is 3.60. The summed E-state index contributed by atoms with van der Waals surface area (Å²) in [6.45, 7) is 3.89. The van der Waals surface area contributed by atoms with Gasteiger partial charge in [0, 0.05) is 16.8 Å². The van der Waals surface area contributed by atoms with Crippen LogP contribution in [-0.4, -0.2) is 36.3 Å². The van der Waals surface area contributed by atoms with E-state index in [4.69, 9.17) is 30.8 Å². The Morgan fingerprint density at radius 1 is 0.971 bits per heavy atom. The fourth-order valence-electron chi connectivity index (χ4n) is 3.39. The van der Waals surface area contributed by atoms with Gasteiger partial charge in [-0.2, -0.15) is 0 Å². The van der Waals surface area contributed by atoms with Gasteiger partial charge < -0.3 is 23.9 Å². The van der Waals surface area contributed by atoms with Crippen molar-refractivity contribution in [3.63, 3.8) is 0 Å². The molecule has 180 valence electrons. The van der Waals surface area contributed by atoms with Crippen molar-refractivity contribution in [2.45, 2.75) is 20.0 Å². The van der Waals surface area contributed by atoms with Crippen molar-refractivity contribution in [3.8, 4) is 28.7 Å². The third-order valence-corrected chi connectivity index (χ3v) is 5.20. The van der Waals surface area contributed by atoms with E-state index in [1.807, 2.05) is 19.9 Å². The van der Waals surface area contributed by atoms with Crippen molar-refractivity contribution in [3.05, 3.63) is 66.2 Å². The molecule has 9 heteroatoms. The Morgan fingerprint density at radius 3 is 2.40 bits per heavy atom. The van der Waals surface area contributed by atoms with Gasteiger partial charge in [0.05, 0.1) is 20.3 Å². The number of aromatic nitrogens is 1. The maximum Gasteiger partial charge on any atom is 0.257 e. The quantitative estimate of drug-likeness (QED) is 0.331. The first kappa shape index (κ1) is 24.0. The van der Waals surface area contributed by atoms with E-state index in [1.165, 1.54) is 0 Å². The van der Waals surface area contributed by atoms with Gasteiger partial charge in [-0.15, -0.1) is 0 Å². The number of nitrogens with zero attached hydrogens (tertiary/aromatic N) is 1. The molecule has 0 bridgehead atoms. The molecular formula is C26H25N3O5S. The number of oxazole rings is 1.